The molecule has 0 spiro atoms. The average Bonchev–Trinajstić information content (AvgIpc) is 2.89. The number of hydrogen-bond acceptors (Lipinski definition) is 2. The minimum Gasteiger partial charge on any atom is -0.314 e. The van der Waals surface area contributed by atoms with Crippen LogP contribution in [0.15, 0.2) is 42.7 Å². The fourth-order valence-electron chi connectivity index (χ4n) is 2.70. The van der Waals surface area contributed by atoms with Crippen LogP contribution in [0.3, 0.4) is 0 Å². The number of aryl methyl sites for hydroxylation is 2. The van der Waals surface area contributed by atoms with E-state index in [0.29, 0.717) is 12.0 Å². The first-order valence-corrected chi connectivity index (χ1v) is 7.46. The van der Waals surface area contributed by atoms with Crippen molar-refractivity contribution in [3.8, 4) is 0 Å². The zero-order valence-corrected chi connectivity index (χ0v) is 12.7. The summed E-state index contributed by atoms with van der Waals surface area (Å²) in [4.78, 5) is 0. The topological polar surface area (TPSA) is 29.9 Å². The molecule has 0 aliphatic carbocycles. The van der Waals surface area contributed by atoms with Crippen LogP contribution in [0.1, 0.15) is 37.3 Å². The maximum Gasteiger partial charge on any atom is 0.0521 e. The number of nitrogens with one attached hydrogen (secondary N) is 1. The van der Waals surface area contributed by atoms with Crippen molar-refractivity contribution in [1.82, 2.24) is 15.1 Å². The van der Waals surface area contributed by atoms with Crippen molar-refractivity contribution in [2.75, 3.05) is 6.54 Å². The predicted octanol–water partition coefficient (Wildman–Crippen LogP) is 3.13. The number of likely N-dealkylation sites (N-methyl/N-ethyl adjacent to an activating group) is 1. The summed E-state index contributed by atoms with van der Waals surface area (Å²) < 4.78 is 1.87. The molecular formula is C17H25N3. The lowest BCUT2D eigenvalue weighted by Gasteiger charge is -2.25. The van der Waals surface area contributed by atoms with Gasteiger partial charge in [-0.05, 0) is 36.4 Å². The molecule has 1 aromatic carbocycles. The smallest absolute Gasteiger partial charge is 0.0521 e. The molecule has 1 aromatic heterocycles. The molecule has 0 saturated carbocycles. The zero-order chi connectivity index (χ0) is 14.4. The molecule has 20 heavy (non-hydrogen) atoms. The van der Waals surface area contributed by atoms with Crippen molar-refractivity contribution in [2.45, 2.75) is 38.6 Å². The lowest BCUT2D eigenvalue weighted by atomic mass is 9.89. The van der Waals surface area contributed by atoms with Crippen LogP contribution in [-0.2, 0) is 13.5 Å². The van der Waals surface area contributed by atoms with E-state index >= 15 is 0 Å². The highest BCUT2D eigenvalue weighted by atomic mass is 15.2. The Labute approximate surface area is 122 Å². The highest BCUT2D eigenvalue weighted by Gasteiger charge is 2.17. The minimum absolute atomic E-state index is 0.502. The first-order valence-electron chi connectivity index (χ1n) is 7.46. The standard InChI is InChI=1S/C17H25N3/c1-4-18-17(11-10-15-12-19-20(3)13-15)14(2)16-8-6-5-7-9-16/h5-9,12-14,17-18H,4,10-11H2,1-3H3. The van der Waals surface area contributed by atoms with Crippen molar-refractivity contribution >= 4 is 0 Å². The van der Waals surface area contributed by atoms with Crippen molar-refractivity contribution in [1.29, 1.82) is 0 Å². The third-order valence-electron chi connectivity index (χ3n) is 3.90. The fraction of sp³-hybridized carbons (Fsp3) is 0.471. The maximum atomic E-state index is 4.24. The van der Waals surface area contributed by atoms with Crippen LogP contribution < -0.4 is 5.32 Å². The second-order valence-electron chi connectivity index (χ2n) is 5.42. The van der Waals surface area contributed by atoms with E-state index in [1.165, 1.54) is 11.1 Å². The highest BCUT2D eigenvalue weighted by Crippen LogP contribution is 2.22. The molecule has 0 aliphatic rings. The third-order valence-corrected chi connectivity index (χ3v) is 3.90. The molecule has 2 atom stereocenters. The molecule has 108 valence electrons. The van der Waals surface area contributed by atoms with Gasteiger partial charge in [-0.1, -0.05) is 44.2 Å². The summed E-state index contributed by atoms with van der Waals surface area (Å²) in [5.74, 6) is 0.521. The van der Waals surface area contributed by atoms with Gasteiger partial charge in [-0.3, -0.25) is 4.68 Å². The Bertz CT molecular complexity index is 504. The van der Waals surface area contributed by atoms with E-state index in [-0.39, 0.29) is 0 Å². The summed E-state index contributed by atoms with van der Waals surface area (Å²) in [5, 5.41) is 7.87. The summed E-state index contributed by atoms with van der Waals surface area (Å²) in [6, 6.07) is 11.3. The van der Waals surface area contributed by atoms with E-state index < -0.39 is 0 Å². The molecule has 0 amide bonds. The Morgan fingerprint density at radius 1 is 1.25 bits per heavy atom. The van der Waals surface area contributed by atoms with Crippen LogP contribution in [0, 0.1) is 0 Å². The van der Waals surface area contributed by atoms with Gasteiger partial charge in [0.15, 0.2) is 0 Å². The summed E-state index contributed by atoms with van der Waals surface area (Å²) in [5.41, 5.74) is 2.72. The van der Waals surface area contributed by atoms with Gasteiger partial charge >= 0.3 is 0 Å². The Morgan fingerprint density at radius 3 is 2.60 bits per heavy atom. The first kappa shape index (κ1) is 14.8. The Balaban J connectivity index is 1.99. The summed E-state index contributed by atoms with van der Waals surface area (Å²) >= 11 is 0. The molecular weight excluding hydrogens is 246 g/mol. The number of rotatable bonds is 7. The molecule has 2 unspecified atom stereocenters. The number of hydrogen-bond donors (Lipinski definition) is 1. The normalized spacial score (nSPS) is 14.2. The van der Waals surface area contributed by atoms with E-state index in [1.54, 1.807) is 0 Å². The van der Waals surface area contributed by atoms with Crippen molar-refractivity contribution in [2.24, 2.45) is 7.05 Å². The lowest BCUT2D eigenvalue weighted by Crippen LogP contribution is -2.34. The van der Waals surface area contributed by atoms with E-state index in [4.69, 9.17) is 0 Å². The number of nitrogens with zero attached hydrogens (tertiary/aromatic N) is 2. The van der Waals surface area contributed by atoms with Gasteiger partial charge in [-0.15, -0.1) is 0 Å². The van der Waals surface area contributed by atoms with Crippen LogP contribution in [0.25, 0.3) is 0 Å². The molecule has 2 aromatic rings. The molecule has 0 aliphatic heterocycles. The molecule has 3 nitrogen and oxygen atoms in total. The van der Waals surface area contributed by atoms with Gasteiger partial charge in [0.1, 0.15) is 0 Å². The third kappa shape index (κ3) is 3.94. The van der Waals surface area contributed by atoms with Crippen molar-refractivity contribution in [3.05, 3.63) is 53.9 Å². The molecule has 0 radical (unpaired) electrons. The van der Waals surface area contributed by atoms with Gasteiger partial charge in [-0.2, -0.15) is 5.10 Å². The van der Waals surface area contributed by atoms with Gasteiger partial charge < -0.3 is 5.32 Å². The SMILES string of the molecule is CCNC(CCc1cnn(C)c1)C(C)c1ccccc1. The molecule has 1 N–H and O–H groups in total. The zero-order valence-electron chi connectivity index (χ0n) is 12.7. The van der Waals surface area contributed by atoms with Gasteiger partial charge in [-0.25, -0.2) is 0 Å². The summed E-state index contributed by atoms with van der Waals surface area (Å²) in [6.07, 6.45) is 6.28. The van der Waals surface area contributed by atoms with Crippen LogP contribution in [0.2, 0.25) is 0 Å². The highest BCUT2D eigenvalue weighted by molar-refractivity contribution is 5.20. The molecule has 3 heteroatoms. The fourth-order valence-corrected chi connectivity index (χ4v) is 2.70. The van der Waals surface area contributed by atoms with E-state index in [2.05, 4.69) is 60.8 Å². The summed E-state index contributed by atoms with van der Waals surface area (Å²) in [6.45, 7) is 5.50. The van der Waals surface area contributed by atoms with Gasteiger partial charge in [0.2, 0.25) is 0 Å². The number of aromatic nitrogens is 2. The van der Waals surface area contributed by atoms with Crippen LogP contribution >= 0.6 is 0 Å². The van der Waals surface area contributed by atoms with Crippen molar-refractivity contribution < 1.29 is 0 Å². The van der Waals surface area contributed by atoms with Crippen molar-refractivity contribution in [3.63, 3.8) is 0 Å². The van der Waals surface area contributed by atoms with E-state index in [9.17, 15) is 0 Å². The Morgan fingerprint density at radius 2 is 2.00 bits per heavy atom. The molecule has 0 bridgehead atoms. The quantitative estimate of drug-likeness (QED) is 0.838. The van der Waals surface area contributed by atoms with Crippen LogP contribution in [0.5, 0.6) is 0 Å². The second kappa shape index (κ2) is 7.25. The largest absolute Gasteiger partial charge is 0.314 e. The first-order chi connectivity index (χ1) is 9.70. The van der Waals surface area contributed by atoms with E-state index in [0.717, 1.165) is 19.4 Å². The molecule has 0 saturated heterocycles. The Kier molecular flexibility index (Phi) is 5.36. The lowest BCUT2D eigenvalue weighted by molar-refractivity contribution is 0.434. The van der Waals surface area contributed by atoms with Crippen LogP contribution in [-0.4, -0.2) is 22.4 Å². The Hall–Kier alpha value is -1.61. The second-order valence-corrected chi connectivity index (χ2v) is 5.42. The monoisotopic (exact) mass is 271 g/mol. The van der Waals surface area contributed by atoms with E-state index in [1.807, 2.05) is 17.9 Å². The minimum atomic E-state index is 0.502. The molecule has 2 rings (SSSR count). The summed E-state index contributed by atoms with van der Waals surface area (Å²) in [7, 11) is 1.97. The predicted molar refractivity (Wildman–Crippen MR) is 83.9 cm³/mol. The molecule has 0 fully saturated rings. The van der Waals surface area contributed by atoms with Gasteiger partial charge in [0, 0.05) is 19.3 Å². The van der Waals surface area contributed by atoms with Gasteiger partial charge in [0.25, 0.3) is 0 Å². The number of benzene rings is 1. The average molecular weight is 271 g/mol. The molecule has 1 heterocycles. The van der Waals surface area contributed by atoms with Gasteiger partial charge in [0.05, 0.1) is 6.20 Å². The van der Waals surface area contributed by atoms with Crippen LogP contribution in [0.4, 0.5) is 0 Å². The maximum absolute atomic E-state index is 4.24.